The van der Waals surface area contributed by atoms with Crippen molar-refractivity contribution in [3.05, 3.63) is 46.8 Å². The highest BCUT2D eigenvalue weighted by molar-refractivity contribution is 5.74. The highest BCUT2D eigenvalue weighted by atomic mass is 16.3. The van der Waals surface area contributed by atoms with E-state index in [0.717, 1.165) is 17.0 Å². The first-order chi connectivity index (χ1) is 11.4. The number of hydrogen-bond donors (Lipinski definition) is 4. The molecule has 130 valence electrons. The van der Waals surface area contributed by atoms with E-state index >= 15 is 0 Å². The average Bonchev–Trinajstić information content (AvgIpc) is 2.88. The quantitative estimate of drug-likeness (QED) is 0.650. The van der Waals surface area contributed by atoms with E-state index in [9.17, 15) is 15.0 Å². The minimum atomic E-state index is -0.861. The van der Waals surface area contributed by atoms with Crippen LogP contribution in [0.25, 0.3) is 0 Å². The summed E-state index contributed by atoms with van der Waals surface area (Å²) in [6, 6.07) is 6.16. The molecule has 1 heterocycles. The van der Waals surface area contributed by atoms with Gasteiger partial charge in [-0.3, -0.25) is 5.10 Å². The van der Waals surface area contributed by atoms with Gasteiger partial charge in [-0.05, 0) is 38.5 Å². The van der Waals surface area contributed by atoms with E-state index in [2.05, 4.69) is 15.5 Å². The van der Waals surface area contributed by atoms with Crippen molar-refractivity contribution in [1.82, 2.24) is 20.4 Å². The van der Waals surface area contributed by atoms with Gasteiger partial charge in [-0.15, -0.1) is 0 Å². The molecule has 2 aromatic rings. The molecule has 2 amide bonds. The number of hydrogen-bond acceptors (Lipinski definition) is 4. The molecular formula is C17H24N4O3. The van der Waals surface area contributed by atoms with Crippen LogP contribution in [-0.2, 0) is 6.54 Å². The first kappa shape index (κ1) is 17.8. The number of aromatic nitrogens is 2. The number of aryl methyl sites for hydroxylation is 2. The third-order valence-corrected chi connectivity index (χ3v) is 4.01. The second-order valence-corrected chi connectivity index (χ2v) is 5.72. The van der Waals surface area contributed by atoms with Crippen LogP contribution >= 0.6 is 0 Å². The summed E-state index contributed by atoms with van der Waals surface area (Å²) in [6.45, 7) is 6.63. The van der Waals surface area contributed by atoms with Gasteiger partial charge in [0.25, 0.3) is 0 Å². The number of aliphatic hydroxyl groups is 1. The molecule has 0 bridgehead atoms. The molecule has 2 rings (SSSR count). The van der Waals surface area contributed by atoms with Gasteiger partial charge in [0, 0.05) is 24.3 Å². The Hall–Kier alpha value is -2.54. The number of rotatable bonds is 6. The normalized spacial score (nSPS) is 12.0. The second kappa shape index (κ2) is 7.83. The minimum Gasteiger partial charge on any atom is -0.508 e. The predicted molar refractivity (Wildman–Crippen MR) is 90.6 cm³/mol. The first-order valence-corrected chi connectivity index (χ1v) is 7.92. The van der Waals surface area contributed by atoms with E-state index in [4.69, 9.17) is 0 Å². The number of phenols is 1. The second-order valence-electron chi connectivity index (χ2n) is 5.72. The largest absolute Gasteiger partial charge is 0.508 e. The zero-order valence-corrected chi connectivity index (χ0v) is 14.2. The maximum atomic E-state index is 12.3. The van der Waals surface area contributed by atoms with E-state index in [1.54, 1.807) is 12.1 Å². The highest BCUT2D eigenvalue weighted by Crippen LogP contribution is 2.19. The van der Waals surface area contributed by atoms with Crippen molar-refractivity contribution < 1.29 is 15.0 Å². The van der Waals surface area contributed by atoms with E-state index in [0.29, 0.717) is 18.7 Å². The van der Waals surface area contributed by atoms with Crippen LogP contribution in [0.3, 0.4) is 0 Å². The summed E-state index contributed by atoms with van der Waals surface area (Å²) in [5, 5.41) is 29.6. The van der Waals surface area contributed by atoms with Crippen molar-refractivity contribution >= 4 is 6.03 Å². The van der Waals surface area contributed by atoms with Gasteiger partial charge >= 0.3 is 6.03 Å². The van der Waals surface area contributed by atoms with E-state index in [-0.39, 0.29) is 18.3 Å². The molecule has 0 saturated heterocycles. The number of amides is 2. The van der Waals surface area contributed by atoms with Gasteiger partial charge in [-0.1, -0.05) is 12.1 Å². The molecule has 0 aliphatic carbocycles. The summed E-state index contributed by atoms with van der Waals surface area (Å²) in [4.78, 5) is 13.9. The van der Waals surface area contributed by atoms with Crippen molar-refractivity contribution in [3.63, 3.8) is 0 Å². The summed E-state index contributed by atoms with van der Waals surface area (Å²) in [6.07, 6.45) is -0.861. The monoisotopic (exact) mass is 332 g/mol. The Bertz CT molecular complexity index is 679. The van der Waals surface area contributed by atoms with Gasteiger partial charge in [-0.25, -0.2) is 4.79 Å². The molecule has 0 spiro atoms. The summed E-state index contributed by atoms with van der Waals surface area (Å²) in [5.41, 5.74) is 3.32. The molecule has 7 heteroatoms. The fourth-order valence-corrected chi connectivity index (χ4v) is 2.51. The van der Waals surface area contributed by atoms with Gasteiger partial charge in [0.15, 0.2) is 0 Å². The maximum absolute atomic E-state index is 12.3. The van der Waals surface area contributed by atoms with Crippen LogP contribution in [0.4, 0.5) is 4.79 Å². The van der Waals surface area contributed by atoms with Gasteiger partial charge < -0.3 is 20.4 Å². The van der Waals surface area contributed by atoms with E-state index in [1.165, 1.54) is 17.0 Å². The van der Waals surface area contributed by atoms with E-state index < -0.39 is 6.10 Å². The smallest absolute Gasteiger partial charge is 0.317 e. The number of aromatic amines is 1. The van der Waals surface area contributed by atoms with Crippen molar-refractivity contribution in [1.29, 1.82) is 0 Å². The third-order valence-electron chi connectivity index (χ3n) is 4.01. The molecular weight excluding hydrogens is 308 g/mol. The summed E-state index contributed by atoms with van der Waals surface area (Å²) < 4.78 is 0. The fourth-order valence-electron chi connectivity index (χ4n) is 2.51. The molecule has 0 aliphatic rings. The number of likely N-dealkylation sites (N-methyl/N-ethyl adjacent to an activating group) is 1. The van der Waals surface area contributed by atoms with Crippen LogP contribution < -0.4 is 5.32 Å². The lowest BCUT2D eigenvalue weighted by molar-refractivity contribution is 0.123. The predicted octanol–water partition coefficient (Wildman–Crippen LogP) is 2.00. The fraction of sp³-hybridized carbons (Fsp3) is 0.412. The summed E-state index contributed by atoms with van der Waals surface area (Å²) in [5.74, 6) is 0.0879. The Morgan fingerprint density at radius 2 is 2.17 bits per heavy atom. The number of benzene rings is 1. The molecule has 24 heavy (non-hydrogen) atoms. The third kappa shape index (κ3) is 4.26. The number of carbonyl (C=O) groups is 1. The zero-order valence-electron chi connectivity index (χ0n) is 14.2. The summed E-state index contributed by atoms with van der Waals surface area (Å²) in [7, 11) is 0. The van der Waals surface area contributed by atoms with Gasteiger partial charge in [-0.2, -0.15) is 5.10 Å². The lowest BCUT2D eigenvalue weighted by Gasteiger charge is -2.24. The number of aliphatic hydroxyl groups excluding tert-OH is 1. The molecule has 0 aliphatic heterocycles. The highest BCUT2D eigenvalue weighted by Gasteiger charge is 2.18. The molecule has 7 nitrogen and oxygen atoms in total. The number of nitrogens with zero attached hydrogens (tertiary/aromatic N) is 2. The number of carbonyl (C=O) groups excluding carboxylic acids is 1. The molecule has 1 unspecified atom stereocenters. The summed E-state index contributed by atoms with van der Waals surface area (Å²) >= 11 is 0. The Morgan fingerprint density at radius 3 is 2.75 bits per heavy atom. The lowest BCUT2D eigenvalue weighted by Crippen LogP contribution is -2.41. The van der Waals surface area contributed by atoms with Gasteiger partial charge in [0.2, 0.25) is 0 Å². The van der Waals surface area contributed by atoms with Crippen molar-refractivity contribution in [3.8, 4) is 5.75 Å². The molecule has 0 radical (unpaired) electrons. The number of phenolic OH excluding ortho intramolecular Hbond substituents is 1. The zero-order chi connectivity index (χ0) is 17.7. The average molecular weight is 332 g/mol. The standard InChI is InChI=1S/C17H24N4O3/c1-4-21(10-16(23)13-6-5-7-14(22)8-13)17(24)18-9-15-11(2)19-20-12(15)3/h5-8,16,22-23H,4,9-10H2,1-3H3,(H,18,24)(H,19,20). The van der Waals surface area contributed by atoms with Crippen molar-refractivity contribution in [2.45, 2.75) is 33.4 Å². The first-order valence-electron chi connectivity index (χ1n) is 7.92. The SMILES string of the molecule is CCN(CC(O)c1cccc(O)c1)C(=O)NCc1c(C)n[nH]c1C. The number of H-pyrrole nitrogens is 1. The number of urea groups is 1. The Labute approximate surface area is 141 Å². The number of nitrogens with one attached hydrogen (secondary N) is 2. The number of aromatic hydroxyl groups is 1. The molecule has 0 saturated carbocycles. The van der Waals surface area contributed by atoms with Crippen LogP contribution in [-0.4, -0.2) is 44.4 Å². The van der Waals surface area contributed by atoms with Gasteiger partial charge in [0.1, 0.15) is 5.75 Å². The molecule has 1 aromatic heterocycles. The Balaban J connectivity index is 1.96. The van der Waals surface area contributed by atoms with Crippen LogP contribution in [0, 0.1) is 13.8 Å². The molecule has 4 N–H and O–H groups in total. The van der Waals surface area contributed by atoms with Crippen LogP contribution in [0.2, 0.25) is 0 Å². The minimum absolute atomic E-state index is 0.0879. The molecule has 0 fully saturated rings. The van der Waals surface area contributed by atoms with Crippen molar-refractivity contribution in [2.75, 3.05) is 13.1 Å². The van der Waals surface area contributed by atoms with Crippen molar-refractivity contribution in [2.24, 2.45) is 0 Å². The van der Waals surface area contributed by atoms with Gasteiger partial charge in [0.05, 0.1) is 18.3 Å². The van der Waals surface area contributed by atoms with Crippen LogP contribution in [0.1, 0.15) is 35.5 Å². The van der Waals surface area contributed by atoms with Crippen LogP contribution in [0.15, 0.2) is 24.3 Å². The molecule has 1 aromatic carbocycles. The molecule has 1 atom stereocenters. The lowest BCUT2D eigenvalue weighted by atomic mass is 10.1. The van der Waals surface area contributed by atoms with Crippen LogP contribution in [0.5, 0.6) is 5.75 Å². The Morgan fingerprint density at radius 1 is 1.42 bits per heavy atom. The topological polar surface area (TPSA) is 101 Å². The van der Waals surface area contributed by atoms with E-state index in [1.807, 2.05) is 20.8 Å². The maximum Gasteiger partial charge on any atom is 0.317 e. The Kier molecular flexibility index (Phi) is 5.81.